The van der Waals surface area contributed by atoms with Gasteiger partial charge in [-0.25, -0.2) is 4.98 Å². The van der Waals surface area contributed by atoms with Crippen LogP contribution in [0, 0.1) is 0 Å². The van der Waals surface area contributed by atoms with E-state index in [1.165, 1.54) is 5.56 Å². The second kappa shape index (κ2) is 6.63. The van der Waals surface area contributed by atoms with E-state index in [4.69, 9.17) is 14.5 Å². The van der Waals surface area contributed by atoms with Gasteiger partial charge in [-0.05, 0) is 29.8 Å². The van der Waals surface area contributed by atoms with Crippen molar-refractivity contribution in [2.75, 3.05) is 26.8 Å². The molecule has 124 valence electrons. The fourth-order valence-electron chi connectivity index (χ4n) is 3.15. The Morgan fingerprint density at radius 2 is 2.04 bits per heavy atom. The van der Waals surface area contributed by atoms with Crippen molar-refractivity contribution in [3.8, 4) is 5.75 Å². The van der Waals surface area contributed by atoms with Gasteiger partial charge < -0.3 is 19.4 Å². The first kappa shape index (κ1) is 15.2. The lowest BCUT2D eigenvalue weighted by Crippen LogP contribution is -2.34. The van der Waals surface area contributed by atoms with Gasteiger partial charge in [0.05, 0.1) is 24.8 Å². The number of aromatic nitrogens is 2. The van der Waals surface area contributed by atoms with E-state index in [-0.39, 0.29) is 6.10 Å². The molecule has 0 amide bonds. The molecule has 4 rings (SSSR count). The van der Waals surface area contributed by atoms with Crippen LogP contribution in [-0.4, -0.2) is 36.4 Å². The number of nitrogens with zero attached hydrogens (tertiary/aromatic N) is 2. The van der Waals surface area contributed by atoms with E-state index < -0.39 is 0 Å². The summed E-state index contributed by atoms with van der Waals surface area (Å²) in [6.07, 6.45) is -0.00982. The summed E-state index contributed by atoms with van der Waals surface area (Å²) >= 11 is 0. The topological polar surface area (TPSA) is 48.3 Å². The van der Waals surface area contributed by atoms with Gasteiger partial charge >= 0.3 is 0 Å². The van der Waals surface area contributed by atoms with Gasteiger partial charge in [0, 0.05) is 19.6 Å². The van der Waals surface area contributed by atoms with E-state index in [2.05, 4.69) is 40.2 Å². The standard InChI is InChI=1S/C19H21N3O2/c1-23-15-8-6-14(7-9-15)13-22-17-5-3-2-4-16(17)21-19(22)18-12-20-10-11-24-18/h2-9,18,20H,10-13H2,1H3. The van der Waals surface area contributed by atoms with E-state index in [0.29, 0.717) is 0 Å². The highest BCUT2D eigenvalue weighted by atomic mass is 16.5. The molecule has 1 saturated heterocycles. The summed E-state index contributed by atoms with van der Waals surface area (Å²) in [5.74, 6) is 1.86. The molecule has 0 saturated carbocycles. The van der Waals surface area contributed by atoms with Gasteiger partial charge in [0.1, 0.15) is 17.7 Å². The normalized spacial score (nSPS) is 18.0. The van der Waals surface area contributed by atoms with Crippen LogP contribution in [0.5, 0.6) is 5.75 Å². The van der Waals surface area contributed by atoms with Crippen LogP contribution in [0.25, 0.3) is 11.0 Å². The Labute approximate surface area is 141 Å². The van der Waals surface area contributed by atoms with E-state index in [1.54, 1.807) is 7.11 Å². The number of hydrogen-bond donors (Lipinski definition) is 1. The number of imidazole rings is 1. The molecule has 1 fully saturated rings. The number of fused-ring (bicyclic) bond motifs is 1. The van der Waals surface area contributed by atoms with Crippen molar-refractivity contribution in [2.45, 2.75) is 12.6 Å². The summed E-state index contributed by atoms with van der Waals surface area (Å²) in [7, 11) is 1.68. The molecule has 0 aliphatic carbocycles. The Morgan fingerprint density at radius 3 is 2.79 bits per heavy atom. The highest BCUT2D eigenvalue weighted by Crippen LogP contribution is 2.25. The number of hydrogen-bond acceptors (Lipinski definition) is 4. The SMILES string of the molecule is COc1ccc(Cn2c(C3CNCCO3)nc3ccccc32)cc1. The minimum Gasteiger partial charge on any atom is -0.497 e. The maximum atomic E-state index is 5.94. The minimum atomic E-state index is -0.00982. The number of rotatable bonds is 4. The predicted molar refractivity (Wildman–Crippen MR) is 93.4 cm³/mol. The third-order valence-electron chi connectivity index (χ3n) is 4.40. The van der Waals surface area contributed by atoms with Gasteiger partial charge in [0.2, 0.25) is 0 Å². The zero-order valence-electron chi connectivity index (χ0n) is 13.7. The average Bonchev–Trinajstić information content (AvgIpc) is 3.02. The molecule has 24 heavy (non-hydrogen) atoms. The molecule has 1 unspecified atom stereocenters. The lowest BCUT2D eigenvalue weighted by molar-refractivity contribution is 0.0205. The van der Waals surface area contributed by atoms with E-state index in [9.17, 15) is 0 Å². The average molecular weight is 323 g/mol. The molecule has 1 atom stereocenters. The number of nitrogens with one attached hydrogen (secondary N) is 1. The molecule has 5 nitrogen and oxygen atoms in total. The Bertz CT molecular complexity index is 820. The first-order valence-electron chi connectivity index (χ1n) is 8.25. The number of methoxy groups -OCH3 is 1. The van der Waals surface area contributed by atoms with E-state index in [1.807, 2.05) is 18.2 Å². The Kier molecular flexibility index (Phi) is 4.19. The van der Waals surface area contributed by atoms with Gasteiger partial charge in [-0.1, -0.05) is 24.3 Å². The maximum absolute atomic E-state index is 5.94. The lowest BCUT2D eigenvalue weighted by Gasteiger charge is -2.24. The van der Waals surface area contributed by atoms with Crippen LogP contribution in [0.2, 0.25) is 0 Å². The summed E-state index contributed by atoms with van der Waals surface area (Å²) in [6.45, 7) is 3.18. The minimum absolute atomic E-state index is 0.00982. The van der Waals surface area contributed by atoms with Crippen LogP contribution in [0.4, 0.5) is 0 Å². The van der Waals surface area contributed by atoms with Crippen molar-refractivity contribution in [1.29, 1.82) is 0 Å². The number of morpholine rings is 1. The van der Waals surface area contributed by atoms with Crippen molar-refractivity contribution < 1.29 is 9.47 Å². The van der Waals surface area contributed by atoms with Gasteiger partial charge in [-0.15, -0.1) is 0 Å². The summed E-state index contributed by atoms with van der Waals surface area (Å²) < 4.78 is 13.4. The predicted octanol–water partition coefficient (Wildman–Crippen LogP) is 2.75. The monoisotopic (exact) mass is 323 g/mol. The fourth-order valence-corrected chi connectivity index (χ4v) is 3.15. The lowest BCUT2D eigenvalue weighted by atomic mass is 10.2. The molecule has 0 spiro atoms. The van der Waals surface area contributed by atoms with E-state index in [0.717, 1.165) is 48.8 Å². The summed E-state index contributed by atoms with van der Waals surface area (Å²) in [4.78, 5) is 4.84. The molecule has 1 aliphatic rings. The maximum Gasteiger partial charge on any atom is 0.140 e. The van der Waals surface area contributed by atoms with Crippen LogP contribution in [0.15, 0.2) is 48.5 Å². The molecule has 1 N–H and O–H groups in total. The summed E-state index contributed by atoms with van der Waals surface area (Å²) in [6, 6.07) is 16.4. The van der Waals surface area contributed by atoms with E-state index >= 15 is 0 Å². The summed E-state index contributed by atoms with van der Waals surface area (Å²) in [5, 5.41) is 3.39. The fraction of sp³-hybridized carbons (Fsp3) is 0.316. The number of ether oxygens (including phenoxy) is 2. The highest BCUT2D eigenvalue weighted by Gasteiger charge is 2.23. The Hall–Kier alpha value is -2.37. The second-order valence-electron chi connectivity index (χ2n) is 5.96. The van der Waals surface area contributed by atoms with Crippen LogP contribution in [0.3, 0.4) is 0 Å². The molecule has 5 heteroatoms. The van der Waals surface area contributed by atoms with Gasteiger partial charge in [0.15, 0.2) is 0 Å². The highest BCUT2D eigenvalue weighted by molar-refractivity contribution is 5.76. The van der Waals surface area contributed by atoms with Crippen molar-refractivity contribution in [1.82, 2.24) is 14.9 Å². The number of benzene rings is 2. The third-order valence-corrected chi connectivity index (χ3v) is 4.40. The first-order chi connectivity index (χ1) is 11.8. The van der Waals surface area contributed by atoms with Gasteiger partial charge in [0.25, 0.3) is 0 Å². The smallest absolute Gasteiger partial charge is 0.140 e. The van der Waals surface area contributed by atoms with Crippen LogP contribution >= 0.6 is 0 Å². The van der Waals surface area contributed by atoms with Gasteiger partial charge in [-0.2, -0.15) is 0 Å². The Morgan fingerprint density at radius 1 is 1.21 bits per heavy atom. The molecule has 2 aromatic carbocycles. The van der Waals surface area contributed by atoms with Crippen LogP contribution in [-0.2, 0) is 11.3 Å². The van der Waals surface area contributed by atoms with Crippen molar-refractivity contribution in [3.63, 3.8) is 0 Å². The molecule has 1 aromatic heterocycles. The van der Waals surface area contributed by atoms with Crippen molar-refractivity contribution in [3.05, 3.63) is 59.9 Å². The molecule has 2 heterocycles. The first-order valence-corrected chi connectivity index (χ1v) is 8.25. The molecular formula is C19H21N3O2. The molecule has 3 aromatic rings. The molecule has 0 radical (unpaired) electrons. The second-order valence-corrected chi connectivity index (χ2v) is 5.96. The quantitative estimate of drug-likeness (QED) is 0.802. The van der Waals surface area contributed by atoms with Crippen LogP contribution < -0.4 is 10.1 Å². The largest absolute Gasteiger partial charge is 0.497 e. The van der Waals surface area contributed by atoms with Crippen LogP contribution in [0.1, 0.15) is 17.5 Å². The molecular weight excluding hydrogens is 302 g/mol. The summed E-state index contributed by atoms with van der Waals surface area (Å²) in [5.41, 5.74) is 3.36. The molecule has 0 bridgehead atoms. The van der Waals surface area contributed by atoms with Gasteiger partial charge in [-0.3, -0.25) is 0 Å². The Balaban J connectivity index is 1.73. The zero-order chi connectivity index (χ0) is 16.4. The van der Waals surface area contributed by atoms with Crippen molar-refractivity contribution >= 4 is 11.0 Å². The van der Waals surface area contributed by atoms with Crippen molar-refractivity contribution in [2.24, 2.45) is 0 Å². The zero-order valence-corrected chi connectivity index (χ0v) is 13.7. The third kappa shape index (κ3) is 2.88. The molecule has 1 aliphatic heterocycles. The number of para-hydroxylation sites is 2.